The van der Waals surface area contributed by atoms with E-state index in [-0.39, 0.29) is 29.8 Å². The summed E-state index contributed by atoms with van der Waals surface area (Å²) in [4.78, 5) is 15.9. The first-order valence-corrected chi connectivity index (χ1v) is 9.85. The minimum Gasteiger partial charge on any atom is -0.302 e. The van der Waals surface area contributed by atoms with Crippen molar-refractivity contribution < 1.29 is 22.0 Å². The van der Waals surface area contributed by atoms with Crippen molar-refractivity contribution in [1.29, 1.82) is 0 Å². The molecule has 1 aliphatic rings. The van der Waals surface area contributed by atoms with E-state index >= 15 is 0 Å². The molecule has 0 unspecified atom stereocenters. The van der Waals surface area contributed by atoms with E-state index in [4.69, 9.17) is 0 Å². The average molecular weight is 387 g/mol. The molecular formula is C15H15F2N3O3S2. The highest BCUT2D eigenvalue weighted by molar-refractivity contribution is 7.89. The highest BCUT2D eigenvalue weighted by Gasteiger charge is 2.32. The first-order chi connectivity index (χ1) is 11.9. The number of anilines is 1. The van der Waals surface area contributed by atoms with Gasteiger partial charge in [-0.1, -0.05) is 0 Å². The number of aromatic nitrogens is 1. The van der Waals surface area contributed by atoms with Crippen molar-refractivity contribution in [2.75, 3.05) is 18.4 Å². The van der Waals surface area contributed by atoms with Crippen LogP contribution in [0.5, 0.6) is 0 Å². The van der Waals surface area contributed by atoms with Gasteiger partial charge in [0.15, 0.2) is 16.8 Å². The standard InChI is InChI=1S/C15H15F2N3O3S2/c16-12-2-1-11(9-13(12)17)25(22,23)20-6-3-10(4-7-20)14(21)19-15-18-5-8-24-15/h1-2,5,8-10H,3-4,6-7H2,(H,18,19,21). The summed E-state index contributed by atoms with van der Waals surface area (Å²) in [5, 5.41) is 4.94. The Morgan fingerprint density at radius 3 is 2.56 bits per heavy atom. The number of sulfonamides is 1. The van der Waals surface area contributed by atoms with Gasteiger partial charge in [-0.3, -0.25) is 4.79 Å². The predicted molar refractivity (Wildman–Crippen MR) is 88.6 cm³/mol. The number of nitrogens with one attached hydrogen (secondary N) is 1. The number of hydrogen-bond acceptors (Lipinski definition) is 5. The molecule has 6 nitrogen and oxygen atoms in total. The summed E-state index contributed by atoms with van der Waals surface area (Å²) in [6, 6.07) is 2.50. The molecule has 3 rings (SSSR count). The molecule has 0 atom stereocenters. The molecular weight excluding hydrogens is 372 g/mol. The summed E-state index contributed by atoms with van der Waals surface area (Å²) < 4.78 is 52.5. The van der Waals surface area contributed by atoms with Crippen molar-refractivity contribution in [1.82, 2.24) is 9.29 Å². The molecule has 10 heteroatoms. The van der Waals surface area contributed by atoms with E-state index in [9.17, 15) is 22.0 Å². The fourth-order valence-corrected chi connectivity index (χ4v) is 4.65. The molecule has 0 spiro atoms. The molecule has 2 aromatic rings. The van der Waals surface area contributed by atoms with E-state index in [1.165, 1.54) is 15.6 Å². The lowest BCUT2D eigenvalue weighted by atomic mass is 9.97. The molecule has 0 bridgehead atoms. The maximum atomic E-state index is 13.3. The van der Waals surface area contributed by atoms with Gasteiger partial charge < -0.3 is 5.32 Å². The quantitative estimate of drug-likeness (QED) is 0.874. The number of hydrogen-bond donors (Lipinski definition) is 1. The van der Waals surface area contributed by atoms with Crippen molar-refractivity contribution in [2.45, 2.75) is 17.7 Å². The van der Waals surface area contributed by atoms with Crippen molar-refractivity contribution in [3.63, 3.8) is 0 Å². The van der Waals surface area contributed by atoms with Gasteiger partial charge in [-0.05, 0) is 31.0 Å². The monoisotopic (exact) mass is 387 g/mol. The van der Waals surface area contributed by atoms with Gasteiger partial charge in [0.25, 0.3) is 0 Å². The van der Waals surface area contributed by atoms with Crippen LogP contribution in [0.25, 0.3) is 0 Å². The number of halogens is 2. The van der Waals surface area contributed by atoms with Gasteiger partial charge in [-0.25, -0.2) is 22.2 Å². The SMILES string of the molecule is O=C(Nc1nccs1)C1CCN(S(=O)(=O)c2ccc(F)c(F)c2)CC1. The molecule has 2 heterocycles. The van der Waals surface area contributed by atoms with Gasteiger partial charge in [0.1, 0.15) is 0 Å². The second kappa shape index (κ2) is 7.14. The van der Waals surface area contributed by atoms with Crippen LogP contribution in [0.15, 0.2) is 34.7 Å². The lowest BCUT2D eigenvalue weighted by Crippen LogP contribution is -2.41. The van der Waals surface area contributed by atoms with E-state index in [2.05, 4.69) is 10.3 Å². The Morgan fingerprint density at radius 1 is 1.24 bits per heavy atom. The molecule has 1 aromatic carbocycles. The minimum atomic E-state index is -3.92. The van der Waals surface area contributed by atoms with Gasteiger partial charge in [0.2, 0.25) is 15.9 Å². The first kappa shape index (κ1) is 17.9. The highest BCUT2D eigenvalue weighted by atomic mass is 32.2. The number of piperidine rings is 1. The van der Waals surface area contributed by atoms with Crippen LogP contribution >= 0.6 is 11.3 Å². The third-order valence-electron chi connectivity index (χ3n) is 4.02. The summed E-state index contributed by atoms with van der Waals surface area (Å²) >= 11 is 1.30. The van der Waals surface area contributed by atoms with E-state index in [0.29, 0.717) is 24.0 Å². The number of nitrogens with zero attached hydrogens (tertiary/aromatic N) is 2. The minimum absolute atomic E-state index is 0.136. The fraction of sp³-hybridized carbons (Fsp3) is 0.333. The first-order valence-electron chi connectivity index (χ1n) is 7.53. The summed E-state index contributed by atoms with van der Waals surface area (Å²) in [7, 11) is -3.92. The van der Waals surface area contributed by atoms with Crippen LogP contribution in [-0.2, 0) is 14.8 Å². The number of thiazole rings is 1. The third kappa shape index (κ3) is 3.86. The maximum Gasteiger partial charge on any atom is 0.243 e. The van der Waals surface area contributed by atoms with E-state index in [1.807, 2.05) is 0 Å². The average Bonchev–Trinajstić information content (AvgIpc) is 3.10. The number of carbonyl (C=O) groups is 1. The zero-order valence-electron chi connectivity index (χ0n) is 13.0. The Labute approximate surface area is 147 Å². The van der Waals surface area contributed by atoms with E-state index < -0.39 is 21.7 Å². The van der Waals surface area contributed by atoms with Crippen molar-refractivity contribution in [2.24, 2.45) is 5.92 Å². The lowest BCUT2D eigenvalue weighted by Gasteiger charge is -2.30. The summed E-state index contributed by atoms with van der Waals surface area (Å²) in [5.74, 6) is -2.82. The second-order valence-corrected chi connectivity index (χ2v) is 8.41. The molecule has 1 amide bonds. The normalized spacial score (nSPS) is 16.7. The lowest BCUT2D eigenvalue weighted by molar-refractivity contribution is -0.120. The Kier molecular flexibility index (Phi) is 5.11. The van der Waals surface area contributed by atoms with Crippen LogP contribution in [-0.4, -0.2) is 36.7 Å². The highest BCUT2D eigenvalue weighted by Crippen LogP contribution is 2.26. The van der Waals surface area contributed by atoms with Crippen molar-refractivity contribution in [3.05, 3.63) is 41.4 Å². The zero-order valence-corrected chi connectivity index (χ0v) is 14.6. The van der Waals surface area contributed by atoms with Gasteiger partial charge in [-0.15, -0.1) is 11.3 Å². The number of amides is 1. The predicted octanol–water partition coefficient (Wildman–Crippen LogP) is 2.46. The van der Waals surface area contributed by atoms with E-state index in [1.54, 1.807) is 11.6 Å². The van der Waals surface area contributed by atoms with Gasteiger partial charge in [-0.2, -0.15) is 4.31 Å². The molecule has 0 aliphatic carbocycles. The van der Waals surface area contributed by atoms with Crippen LogP contribution in [0.1, 0.15) is 12.8 Å². The molecule has 0 saturated carbocycles. The Hall–Kier alpha value is -1.91. The van der Waals surface area contributed by atoms with Crippen molar-refractivity contribution >= 4 is 32.4 Å². The third-order valence-corrected chi connectivity index (χ3v) is 6.60. The summed E-state index contributed by atoms with van der Waals surface area (Å²) in [6.07, 6.45) is 2.28. The molecule has 1 aliphatic heterocycles. The van der Waals surface area contributed by atoms with Crippen molar-refractivity contribution in [3.8, 4) is 0 Å². The Balaban J connectivity index is 1.64. The Morgan fingerprint density at radius 2 is 1.96 bits per heavy atom. The van der Waals surface area contributed by atoms with Gasteiger partial charge >= 0.3 is 0 Å². The maximum absolute atomic E-state index is 13.3. The number of rotatable bonds is 4. The molecule has 1 fully saturated rings. The smallest absolute Gasteiger partial charge is 0.243 e. The van der Waals surface area contributed by atoms with Crippen LogP contribution in [0.2, 0.25) is 0 Å². The zero-order chi connectivity index (χ0) is 18.0. The number of carbonyl (C=O) groups excluding carboxylic acids is 1. The molecule has 1 saturated heterocycles. The fourth-order valence-electron chi connectivity index (χ4n) is 2.64. The molecule has 25 heavy (non-hydrogen) atoms. The molecule has 134 valence electrons. The molecule has 1 aromatic heterocycles. The number of benzene rings is 1. The topological polar surface area (TPSA) is 79.4 Å². The molecule has 1 N–H and O–H groups in total. The second-order valence-electron chi connectivity index (χ2n) is 5.58. The van der Waals surface area contributed by atoms with Crippen LogP contribution in [0.4, 0.5) is 13.9 Å². The van der Waals surface area contributed by atoms with Crippen LogP contribution in [0, 0.1) is 17.6 Å². The Bertz CT molecular complexity index is 864. The largest absolute Gasteiger partial charge is 0.302 e. The van der Waals surface area contributed by atoms with Crippen LogP contribution in [0.3, 0.4) is 0 Å². The summed E-state index contributed by atoms with van der Waals surface area (Å²) in [5.41, 5.74) is 0. The van der Waals surface area contributed by atoms with Gasteiger partial charge in [0.05, 0.1) is 4.90 Å². The molecule has 0 radical (unpaired) electrons. The summed E-state index contributed by atoms with van der Waals surface area (Å²) in [6.45, 7) is 0.272. The van der Waals surface area contributed by atoms with Gasteiger partial charge in [0, 0.05) is 30.6 Å². The van der Waals surface area contributed by atoms with E-state index in [0.717, 1.165) is 12.1 Å². The van der Waals surface area contributed by atoms with Crippen LogP contribution < -0.4 is 5.32 Å².